The second-order valence-electron chi connectivity index (χ2n) is 4.69. The van der Waals surface area contributed by atoms with Gasteiger partial charge < -0.3 is 5.32 Å². The van der Waals surface area contributed by atoms with E-state index in [1.807, 2.05) is 0 Å². The number of fused-ring (bicyclic) bond motifs is 1. The predicted octanol–water partition coefficient (Wildman–Crippen LogP) is 3.79. The molecule has 0 spiro atoms. The van der Waals surface area contributed by atoms with Crippen LogP contribution in [0.2, 0.25) is 10.0 Å². The molecule has 1 N–H and O–H groups in total. The second kappa shape index (κ2) is 5.91. The van der Waals surface area contributed by atoms with Gasteiger partial charge in [0.25, 0.3) is 0 Å². The lowest BCUT2D eigenvalue weighted by Gasteiger charge is -2.32. The maximum atomic E-state index is 12.2. The minimum atomic E-state index is -1.05. The van der Waals surface area contributed by atoms with Gasteiger partial charge in [0, 0.05) is 22.4 Å². The number of hydrogen-bond acceptors (Lipinski definition) is 2. The molecular weight excluding hydrogens is 289 g/mol. The van der Waals surface area contributed by atoms with Gasteiger partial charge in [-0.2, -0.15) is 0 Å². The molecule has 1 aromatic carbocycles. The Morgan fingerprint density at radius 3 is 2.72 bits per heavy atom. The van der Waals surface area contributed by atoms with Crippen LogP contribution in [0.4, 0.5) is 0 Å². The topological polar surface area (TPSA) is 29.1 Å². The van der Waals surface area contributed by atoms with Crippen molar-refractivity contribution in [2.45, 2.75) is 31.2 Å². The van der Waals surface area contributed by atoms with Gasteiger partial charge in [-0.3, -0.25) is 4.21 Å². The third-order valence-electron chi connectivity index (χ3n) is 3.23. The molecule has 1 aromatic rings. The smallest absolute Gasteiger partial charge is 0.0637 e. The fourth-order valence-electron chi connectivity index (χ4n) is 2.38. The van der Waals surface area contributed by atoms with E-state index in [9.17, 15) is 4.21 Å². The fraction of sp³-hybridized carbons (Fsp3) is 0.538. The van der Waals surface area contributed by atoms with E-state index in [0.29, 0.717) is 21.7 Å². The minimum absolute atomic E-state index is 0.142. The Hall–Kier alpha value is -0.0900. The van der Waals surface area contributed by atoms with Crippen LogP contribution in [0.25, 0.3) is 0 Å². The average molecular weight is 306 g/mol. The molecule has 2 nitrogen and oxygen atoms in total. The number of benzene rings is 1. The molecule has 0 aromatic heterocycles. The molecule has 18 heavy (non-hydrogen) atoms. The van der Waals surface area contributed by atoms with Crippen LogP contribution < -0.4 is 5.32 Å². The summed E-state index contributed by atoms with van der Waals surface area (Å²) in [5.41, 5.74) is 0.926. The van der Waals surface area contributed by atoms with Crippen LogP contribution in [0.5, 0.6) is 0 Å². The van der Waals surface area contributed by atoms with Gasteiger partial charge in [0.1, 0.15) is 0 Å². The van der Waals surface area contributed by atoms with Crippen molar-refractivity contribution in [2.75, 3.05) is 12.3 Å². The zero-order valence-electron chi connectivity index (χ0n) is 10.5. The highest BCUT2D eigenvalue weighted by atomic mass is 35.5. The summed E-state index contributed by atoms with van der Waals surface area (Å²) >= 11 is 12.5. The standard InChI is InChI=1S/C13H17Cl2NOS/c1-3-6-16-12-8(2)7-18(17)13-10(15)5-4-9(14)11(12)13/h4-5,8,12,16H,3,6-7H2,1-2H3. The Bertz CT molecular complexity index is 478. The molecule has 0 aliphatic carbocycles. The van der Waals surface area contributed by atoms with E-state index in [1.165, 1.54) is 0 Å². The molecule has 1 heterocycles. The summed E-state index contributed by atoms with van der Waals surface area (Å²) in [6.07, 6.45) is 1.06. The van der Waals surface area contributed by atoms with Crippen LogP contribution in [0, 0.1) is 5.92 Å². The van der Waals surface area contributed by atoms with Gasteiger partial charge in [-0.1, -0.05) is 37.0 Å². The summed E-state index contributed by atoms with van der Waals surface area (Å²) in [5, 5.41) is 4.70. The number of halogens is 2. The molecule has 5 heteroatoms. The zero-order chi connectivity index (χ0) is 13.3. The van der Waals surface area contributed by atoms with E-state index in [4.69, 9.17) is 23.2 Å². The molecule has 0 fully saturated rings. The molecule has 0 bridgehead atoms. The van der Waals surface area contributed by atoms with Crippen molar-refractivity contribution in [3.05, 3.63) is 27.7 Å². The van der Waals surface area contributed by atoms with E-state index >= 15 is 0 Å². The molecule has 0 radical (unpaired) electrons. The summed E-state index contributed by atoms with van der Waals surface area (Å²) in [6.45, 7) is 5.15. The number of hydrogen-bond donors (Lipinski definition) is 1. The van der Waals surface area contributed by atoms with Crippen LogP contribution >= 0.6 is 23.2 Å². The van der Waals surface area contributed by atoms with Crippen LogP contribution in [-0.2, 0) is 10.8 Å². The van der Waals surface area contributed by atoms with Crippen molar-refractivity contribution in [1.82, 2.24) is 5.32 Å². The maximum Gasteiger partial charge on any atom is 0.0637 e. The van der Waals surface area contributed by atoms with Gasteiger partial charge in [0.2, 0.25) is 0 Å². The molecule has 2 rings (SSSR count). The third-order valence-corrected chi connectivity index (χ3v) is 5.71. The highest BCUT2D eigenvalue weighted by Gasteiger charge is 2.33. The van der Waals surface area contributed by atoms with Gasteiger partial charge in [-0.05, 0) is 31.0 Å². The van der Waals surface area contributed by atoms with Crippen LogP contribution in [-0.4, -0.2) is 16.5 Å². The normalized spacial score (nSPS) is 27.0. The Balaban J connectivity index is 2.50. The molecular formula is C13H17Cl2NOS. The number of nitrogens with one attached hydrogen (secondary N) is 1. The van der Waals surface area contributed by atoms with E-state index in [1.54, 1.807) is 12.1 Å². The minimum Gasteiger partial charge on any atom is -0.310 e. The third kappa shape index (κ3) is 2.60. The van der Waals surface area contributed by atoms with Crippen molar-refractivity contribution in [1.29, 1.82) is 0 Å². The second-order valence-corrected chi connectivity index (χ2v) is 6.94. The first kappa shape index (κ1) is 14.3. The maximum absolute atomic E-state index is 12.2. The molecule has 3 atom stereocenters. The van der Waals surface area contributed by atoms with Gasteiger partial charge in [0.05, 0.1) is 20.7 Å². The largest absolute Gasteiger partial charge is 0.310 e. The van der Waals surface area contributed by atoms with Crippen LogP contribution in [0.15, 0.2) is 17.0 Å². The lowest BCUT2D eigenvalue weighted by Crippen LogP contribution is -2.35. The van der Waals surface area contributed by atoms with E-state index < -0.39 is 10.8 Å². The van der Waals surface area contributed by atoms with Crippen LogP contribution in [0.1, 0.15) is 31.9 Å². The molecule has 1 aliphatic rings. The molecule has 3 unspecified atom stereocenters. The Kier molecular flexibility index (Phi) is 4.70. The molecule has 100 valence electrons. The summed E-state index contributed by atoms with van der Waals surface area (Å²) in [6, 6.07) is 3.66. The first-order chi connectivity index (χ1) is 8.56. The number of rotatable bonds is 3. The van der Waals surface area contributed by atoms with Gasteiger partial charge in [-0.15, -0.1) is 0 Å². The molecule has 0 amide bonds. The zero-order valence-corrected chi connectivity index (χ0v) is 12.8. The monoisotopic (exact) mass is 305 g/mol. The van der Waals surface area contributed by atoms with E-state index in [2.05, 4.69) is 19.2 Å². The Morgan fingerprint density at radius 1 is 1.39 bits per heavy atom. The van der Waals surface area contributed by atoms with Crippen LogP contribution in [0.3, 0.4) is 0 Å². The Morgan fingerprint density at radius 2 is 2.06 bits per heavy atom. The highest BCUT2D eigenvalue weighted by Crippen LogP contribution is 2.41. The first-order valence-electron chi connectivity index (χ1n) is 6.16. The first-order valence-corrected chi connectivity index (χ1v) is 8.23. The lowest BCUT2D eigenvalue weighted by molar-refractivity contribution is 0.403. The SMILES string of the molecule is CCCNC1c2c(Cl)ccc(Cl)c2S(=O)CC1C. The lowest BCUT2D eigenvalue weighted by atomic mass is 9.95. The van der Waals surface area contributed by atoms with E-state index in [0.717, 1.165) is 23.4 Å². The van der Waals surface area contributed by atoms with Crippen molar-refractivity contribution in [2.24, 2.45) is 5.92 Å². The fourth-order valence-corrected chi connectivity index (χ4v) is 4.73. The summed E-state index contributed by atoms with van der Waals surface area (Å²) in [7, 11) is -1.05. The molecule has 0 saturated heterocycles. The van der Waals surface area contributed by atoms with Crippen molar-refractivity contribution in [3.63, 3.8) is 0 Å². The average Bonchev–Trinajstić information content (AvgIpc) is 2.32. The Labute approximate surface area is 121 Å². The molecule has 0 saturated carbocycles. The summed E-state index contributed by atoms with van der Waals surface area (Å²) in [4.78, 5) is 0.718. The van der Waals surface area contributed by atoms with Crippen molar-refractivity contribution >= 4 is 34.0 Å². The quantitative estimate of drug-likeness (QED) is 0.920. The van der Waals surface area contributed by atoms with Gasteiger partial charge in [-0.25, -0.2) is 0 Å². The molecule has 1 aliphatic heterocycles. The summed E-state index contributed by atoms with van der Waals surface area (Å²) < 4.78 is 12.2. The van der Waals surface area contributed by atoms with Gasteiger partial charge in [0.15, 0.2) is 0 Å². The van der Waals surface area contributed by atoms with E-state index in [-0.39, 0.29) is 6.04 Å². The van der Waals surface area contributed by atoms with Crippen molar-refractivity contribution in [3.8, 4) is 0 Å². The summed E-state index contributed by atoms with van der Waals surface area (Å²) in [5.74, 6) is 0.926. The predicted molar refractivity (Wildman–Crippen MR) is 77.9 cm³/mol. The van der Waals surface area contributed by atoms with Crippen molar-refractivity contribution < 1.29 is 4.21 Å². The van der Waals surface area contributed by atoms with Gasteiger partial charge >= 0.3 is 0 Å². The highest BCUT2D eigenvalue weighted by molar-refractivity contribution is 7.85.